The highest BCUT2D eigenvalue weighted by atomic mass is 79.9. The van der Waals surface area contributed by atoms with Gasteiger partial charge < -0.3 is 9.47 Å². The van der Waals surface area contributed by atoms with Gasteiger partial charge in [0.15, 0.2) is 5.70 Å². The molecule has 150 valence electrons. The van der Waals surface area contributed by atoms with Crippen LogP contribution in [0.25, 0.3) is 6.08 Å². The van der Waals surface area contributed by atoms with Crippen molar-refractivity contribution in [1.82, 2.24) is 0 Å². The predicted octanol–water partition coefficient (Wildman–Crippen LogP) is 6.79. The molecule has 30 heavy (non-hydrogen) atoms. The smallest absolute Gasteiger partial charge is 0.363 e. The van der Waals surface area contributed by atoms with E-state index in [-0.39, 0.29) is 5.70 Å². The fraction of sp³-hybridized carbons (Fsp3) is 0.0435. The fourth-order valence-corrected chi connectivity index (χ4v) is 4.52. The number of hydrogen-bond acceptors (Lipinski definition) is 4. The molecule has 4 rings (SSSR count). The molecule has 0 saturated carbocycles. The number of carbonyl (C=O) groups is 1. The van der Waals surface area contributed by atoms with E-state index in [2.05, 4.69) is 36.9 Å². The van der Waals surface area contributed by atoms with Crippen LogP contribution in [0.5, 0.6) is 5.75 Å². The molecule has 0 aromatic heterocycles. The number of hydrogen-bond donors (Lipinski definition) is 0. The quantitative estimate of drug-likeness (QED) is 0.261. The fourth-order valence-electron chi connectivity index (χ4n) is 2.85. The Hall–Kier alpha value is -2.41. The highest BCUT2D eigenvalue weighted by molar-refractivity contribution is 9.11. The van der Waals surface area contributed by atoms with Crippen LogP contribution < -0.4 is 4.74 Å². The first kappa shape index (κ1) is 20.8. The number of benzene rings is 3. The van der Waals surface area contributed by atoms with Gasteiger partial charge in [-0.3, -0.25) is 0 Å². The Morgan fingerprint density at radius 1 is 1.00 bits per heavy atom. The van der Waals surface area contributed by atoms with Crippen LogP contribution >= 0.6 is 43.5 Å². The monoisotopic (exact) mass is 545 g/mol. The van der Waals surface area contributed by atoms with Crippen molar-refractivity contribution in [2.24, 2.45) is 4.99 Å². The maximum absolute atomic E-state index is 12.2. The lowest BCUT2D eigenvalue weighted by Crippen LogP contribution is -2.04. The van der Waals surface area contributed by atoms with E-state index >= 15 is 0 Å². The molecule has 0 bridgehead atoms. The summed E-state index contributed by atoms with van der Waals surface area (Å²) in [6.07, 6.45) is 1.68. The lowest BCUT2D eigenvalue weighted by molar-refractivity contribution is -0.129. The second kappa shape index (κ2) is 9.16. The van der Waals surface area contributed by atoms with Crippen LogP contribution in [0, 0.1) is 0 Å². The van der Waals surface area contributed by atoms with Crippen LogP contribution in [0.3, 0.4) is 0 Å². The lowest BCUT2D eigenvalue weighted by Gasteiger charge is -2.11. The van der Waals surface area contributed by atoms with Gasteiger partial charge in [-0.15, -0.1) is 0 Å². The van der Waals surface area contributed by atoms with Crippen LogP contribution in [-0.4, -0.2) is 11.9 Å². The van der Waals surface area contributed by atoms with E-state index in [9.17, 15) is 4.79 Å². The Bertz CT molecular complexity index is 1150. The molecule has 3 aromatic carbocycles. The second-order valence-electron chi connectivity index (χ2n) is 6.43. The third kappa shape index (κ3) is 4.83. The maximum Gasteiger partial charge on any atom is 0.363 e. The van der Waals surface area contributed by atoms with E-state index in [0.717, 1.165) is 25.6 Å². The molecule has 0 atom stereocenters. The number of cyclic esters (lactones) is 1. The summed E-state index contributed by atoms with van der Waals surface area (Å²) in [6, 6.07) is 20.5. The van der Waals surface area contributed by atoms with E-state index in [0.29, 0.717) is 23.3 Å². The van der Waals surface area contributed by atoms with Crippen molar-refractivity contribution in [3.05, 3.63) is 103 Å². The molecule has 1 aliphatic rings. The van der Waals surface area contributed by atoms with Gasteiger partial charge in [0, 0.05) is 10.6 Å². The topological polar surface area (TPSA) is 47.9 Å². The third-order valence-corrected chi connectivity index (χ3v) is 5.65. The molecular weight excluding hydrogens is 534 g/mol. The van der Waals surface area contributed by atoms with Crippen LogP contribution in [0.2, 0.25) is 5.02 Å². The van der Waals surface area contributed by atoms with Crippen molar-refractivity contribution in [2.75, 3.05) is 0 Å². The Kier molecular flexibility index (Phi) is 6.37. The first-order valence-electron chi connectivity index (χ1n) is 8.94. The van der Waals surface area contributed by atoms with E-state index < -0.39 is 5.97 Å². The molecule has 1 aliphatic heterocycles. The molecule has 7 heteroatoms. The SMILES string of the molecule is O=C1OC(c2ccccc2)=N/C1=C\c1cc(Br)c(OCc2cccc(Cl)c2)c(Br)c1. The lowest BCUT2D eigenvalue weighted by atomic mass is 10.2. The predicted molar refractivity (Wildman–Crippen MR) is 125 cm³/mol. The summed E-state index contributed by atoms with van der Waals surface area (Å²) >= 11 is 13.1. The standard InChI is InChI=1S/C23H14Br2ClNO3/c24-18-10-15(11-19(25)21(18)29-13-14-5-4-8-17(26)9-14)12-20-23(28)30-22(27-20)16-6-2-1-3-7-16/h1-12H,13H2/b20-12-. The van der Waals surface area contributed by atoms with Gasteiger partial charge in [0.25, 0.3) is 0 Å². The summed E-state index contributed by atoms with van der Waals surface area (Å²) in [5, 5.41) is 0.662. The molecule has 1 heterocycles. The van der Waals surface area contributed by atoms with Crippen molar-refractivity contribution < 1.29 is 14.3 Å². The van der Waals surface area contributed by atoms with E-state index in [1.165, 1.54) is 0 Å². The average Bonchev–Trinajstić information content (AvgIpc) is 3.08. The second-order valence-corrected chi connectivity index (χ2v) is 8.58. The first-order chi connectivity index (χ1) is 14.5. The van der Waals surface area contributed by atoms with Crippen molar-refractivity contribution in [1.29, 1.82) is 0 Å². The van der Waals surface area contributed by atoms with Gasteiger partial charge in [0.05, 0.1) is 8.95 Å². The zero-order valence-corrected chi connectivity index (χ0v) is 19.4. The summed E-state index contributed by atoms with van der Waals surface area (Å²) in [6.45, 7) is 0.370. The molecule has 4 nitrogen and oxygen atoms in total. The minimum Gasteiger partial charge on any atom is -0.487 e. The van der Waals surface area contributed by atoms with Gasteiger partial charge in [-0.25, -0.2) is 9.79 Å². The van der Waals surface area contributed by atoms with Gasteiger partial charge >= 0.3 is 5.97 Å². The van der Waals surface area contributed by atoms with Crippen LogP contribution in [0.1, 0.15) is 16.7 Å². The van der Waals surface area contributed by atoms with Crippen molar-refractivity contribution >= 4 is 61.4 Å². The number of halogens is 3. The molecule has 0 radical (unpaired) electrons. The summed E-state index contributed by atoms with van der Waals surface area (Å²) in [5.74, 6) is 0.466. The maximum atomic E-state index is 12.2. The van der Waals surface area contributed by atoms with Crippen molar-refractivity contribution in [3.63, 3.8) is 0 Å². The number of nitrogens with zero attached hydrogens (tertiary/aromatic N) is 1. The third-order valence-electron chi connectivity index (χ3n) is 4.24. The molecule has 0 amide bonds. The summed E-state index contributed by atoms with van der Waals surface area (Å²) in [7, 11) is 0. The Morgan fingerprint density at radius 2 is 1.73 bits per heavy atom. The Balaban J connectivity index is 1.55. The molecule has 0 unspecified atom stereocenters. The number of aliphatic imine (C=N–C) groups is 1. The van der Waals surface area contributed by atoms with E-state index in [4.69, 9.17) is 21.1 Å². The van der Waals surface area contributed by atoms with Gasteiger partial charge in [-0.05, 0) is 85.5 Å². The normalized spacial score (nSPS) is 14.6. The molecule has 0 N–H and O–H groups in total. The molecule has 0 fully saturated rings. The van der Waals surface area contributed by atoms with E-state index in [1.807, 2.05) is 66.7 Å². The highest BCUT2D eigenvalue weighted by Crippen LogP contribution is 2.36. The molecule has 0 saturated heterocycles. The van der Waals surface area contributed by atoms with Crippen molar-refractivity contribution in [2.45, 2.75) is 6.61 Å². The van der Waals surface area contributed by atoms with Gasteiger partial charge in [-0.1, -0.05) is 41.9 Å². The number of esters is 1. The Morgan fingerprint density at radius 3 is 2.43 bits per heavy atom. The summed E-state index contributed by atoms with van der Waals surface area (Å²) < 4.78 is 12.7. The van der Waals surface area contributed by atoms with Gasteiger partial charge in [0.1, 0.15) is 12.4 Å². The molecule has 0 aliphatic carbocycles. The van der Waals surface area contributed by atoms with Crippen LogP contribution in [-0.2, 0) is 16.1 Å². The molecule has 3 aromatic rings. The van der Waals surface area contributed by atoms with Gasteiger partial charge in [-0.2, -0.15) is 0 Å². The first-order valence-corrected chi connectivity index (χ1v) is 10.9. The molecular formula is C23H14Br2ClNO3. The average molecular weight is 548 g/mol. The summed E-state index contributed by atoms with van der Waals surface area (Å²) in [4.78, 5) is 16.6. The van der Waals surface area contributed by atoms with Gasteiger partial charge in [0.2, 0.25) is 5.90 Å². The van der Waals surface area contributed by atoms with Crippen LogP contribution in [0.4, 0.5) is 0 Å². The number of carbonyl (C=O) groups excluding carboxylic acids is 1. The Labute approximate surface area is 195 Å². The minimum atomic E-state index is -0.484. The van der Waals surface area contributed by atoms with Crippen molar-refractivity contribution in [3.8, 4) is 5.75 Å². The highest BCUT2D eigenvalue weighted by Gasteiger charge is 2.24. The zero-order valence-electron chi connectivity index (χ0n) is 15.4. The van der Waals surface area contributed by atoms with E-state index in [1.54, 1.807) is 6.08 Å². The largest absolute Gasteiger partial charge is 0.487 e. The summed E-state index contributed by atoms with van der Waals surface area (Å²) in [5.41, 5.74) is 2.72. The van der Waals surface area contributed by atoms with Crippen LogP contribution in [0.15, 0.2) is 86.4 Å². The minimum absolute atomic E-state index is 0.236. The molecule has 0 spiro atoms. The number of ether oxygens (including phenoxy) is 2. The number of rotatable bonds is 5. The zero-order chi connectivity index (χ0) is 21.1.